The molecule has 1 aliphatic heterocycles. The number of carbonyl (C=O) groups excluding carboxylic acids is 1. The first kappa shape index (κ1) is 24.6. The summed E-state index contributed by atoms with van der Waals surface area (Å²) in [7, 11) is 0. The van der Waals surface area contributed by atoms with Crippen molar-refractivity contribution in [3.05, 3.63) is 101 Å². The number of fused-ring (bicyclic) bond motifs is 1. The Labute approximate surface area is 213 Å². The summed E-state index contributed by atoms with van der Waals surface area (Å²) in [4.78, 5) is 19.9. The van der Waals surface area contributed by atoms with Crippen LogP contribution >= 0.6 is 0 Å². The maximum Gasteiger partial charge on any atom is 0.226 e. The molecule has 1 unspecified atom stereocenters. The number of imidazole rings is 1. The molecule has 190 valence electrons. The second kappa shape index (κ2) is 10.1. The minimum Gasteiger partial charge on any atom is -0.340 e. The summed E-state index contributed by atoms with van der Waals surface area (Å²) in [5.74, 6) is -1.19. The molecule has 0 aliphatic carbocycles. The van der Waals surface area contributed by atoms with Crippen molar-refractivity contribution in [2.75, 3.05) is 11.9 Å². The van der Waals surface area contributed by atoms with Crippen molar-refractivity contribution in [3.63, 3.8) is 0 Å². The third-order valence-corrected chi connectivity index (χ3v) is 6.67. The number of nitrogens with one attached hydrogen (secondary N) is 1. The molecule has 1 atom stereocenters. The van der Waals surface area contributed by atoms with Crippen LogP contribution in [-0.4, -0.2) is 26.9 Å². The molecule has 0 fully saturated rings. The highest BCUT2D eigenvalue weighted by molar-refractivity contribution is 5.80. The summed E-state index contributed by atoms with van der Waals surface area (Å²) < 4.78 is 42.9. The van der Waals surface area contributed by atoms with Crippen molar-refractivity contribution in [2.45, 2.75) is 33.4 Å². The summed E-state index contributed by atoms with van der Waals surface area (Å²) in [6, 6.07) is 17.7. The molecule has 1 amide bonds. The maximum absolute atomic E-state index is 13.9. The second-order valence-electron chi connectivity index (χ2n) is 9.49. The van der Waals surface area contributed by atoms with Gasteiger partial charge in [-0.2, -0.15) is 0 Å². The Bertz CT molecular complexity index is 1430. The molecule has 1 aromatic heterocycles. The number of benzene rings is 3. The van der Waals surface area contributed by atoms with Gasteiger partial charge in [0.2, 0.25) is 5.91 Å². The van der Waals surface area contributed by atoms with E-state index in [-0.39, 0.29) is 17.6 Å². The standard InChI is InChI=1S/C29H27F3N4O/c1-18-3-5-20(6-4-18)15-19(2)29(37)35-13-14-36-26(17-35)34-27(21-7-9-22(30)10-8-21)28(36)33-23-11-12-24(31)25(32)16-23/h3-12,16,19,33H,13-15,17H2,1-2H3. The highest BCUT2D eigenvalue weighted by atomic mass is 19.2. The molecule has 3 aromatic carbocycles. The minimum atomic E-state index is -0.967. The van der Waals surface area contributed by atoms with Crippen molar-refractivity contribution in [1.29, 1.82) is 0 Å². The zero-order chi connectivity index (χ0) is 26.1. The Morgan fingerprint density at radius 2 is 1.70 bits per heavy atom. The fourth-order valence-corrected chi connectivity index (χ4v) is 4.64. The van der Waals surface area contributed by atoms with Gasteiger partial charge in [0.05, 0.1) is 6.54 Å². The predicted molar refractivity (Wildman–Crippen MR) is 137 cm³/mol. The van der Waals surface area contributed by atoms with E-state index in [0.29, 0.717) is 54.6 Å². The Kier molecular flexibility index (Phi) is 6.74. The summed E-state index contributed by atoms with van der Waals surface area (Å²) in [6.45, 7) is 5.23. The third-order valence-electron chi connectivity index (χ3n) is 6.67. The van der Waals surface area contributed by atoms with E-state index in [4.69, 9.17) is 4.98 Å². The lowest BCUT2D eigenvalue weighted by Gasteiger charge is -2.30. The summed E-state index contributed by atoms with van der Waals surface area (Å²) in [5, 5.41) is 3.16. The molecule has 5 nitrogen and oxygen atoms in total. The smallest absolute Gasteiger partial charge is 0.226 e. The van der Waals surface area contributed by atoms with E-state index in [1.165, 1.54) is 23.8 Å². The van der Waals surface area contributed by atoms with Gasteiger partial charge in [-0.05, 0) is 55.3 Å². The molecule has 37 heavy (non-hydrogen) atoms. The molecule has 0 saturated heterocycles. The first-order valence-electron chi connectivity index (χ1n) is 12.2. The molecule has 1 aliphatic rings. The van der Waals surface area contributed by atoms with E-state index in [1.807, 2.05) is 42.7 Å². The number of anilines is 2. The van der Waals surface area contributed by atoms with Crippen LogP contribution < -0.4 is 5.32 Å². The molecular weight excluding hydrogens is 477 g/mol. The zero-order valence-corrected chi connectivity index (χ0v) is 20.6. The molecule has 0 bridgehead atoms. The molecule has 8 heteroatoms. The summed E-state index contributed by atoms with van der Waals surface area (Å²) in [6.07, 6.45) is 0.647. The molecular formula is C29H27F3N4O. The molecule has 2 heterocycles. The fourth-order valence-electron chi connectivity index (χ4n) is 4.64. The number of halogens is 3. The average Bonchev–Trinajstić information content (AvgIpc) is 3.25. The second-order valence-corrected chi connectivity index (χ2v) is 9.49. The molecule has 0 spiro atoms. The topological polar surface area (TPSA) is 50.2 Å². The minimum absolute atomic E-state index is 0.0493. The van der Waals surface area contributed by atoms with Crippen LogP contribution in [-0.2, 0) is 24.3 Å². The number of amides is 1. The predicted octanol–water partition coefficient (Wildman–Crippen LogP) is 6.24. The largest absolute Gasteiger partial charge is 0.340 e. The lowest BCUT2D eigenvalue weighted by molar-refractivity contribution is -0.136. The number of aryl methyl sites for hydroxylation is 1. The van der Waals surface area contributed by atoms with Crippen LogP contribution in [0.2, 0.25) is 0 Å². The summed E-state index contributed by atoms with van der Waals surface area (Å²) in [5.41, 5.74) is 3.85. The first-order valence-corrected chi connectivity index (χ1v) is 12.2. The Morgan fingerprint density at radius 1 is 0.973 bits per heavy atom. The number of aromatic nitrogens is 2. The van der Waals surface area contributed by atoms with E-state index in [2.05, 4.69) is 5.32 Å². The van der Waals surface area contributed by atoms with E-state index < -0.39 is 11.6 Å². The third kappa shape index (κ3) is 5.23. The van der Waals surface area contributed by atoms with E-state index in [9.17, 15) is 18.0 Å². The van der Waals surface area contributed by atoms with Gasteiger partial charge in [0, 0.05) is 36.3 Å². The van der Waals surface area contributed by atoms with E-state index in [0.717, 1.165) is 17.7 Å². The SMILES string of the molecule is Cc1ccc(CC(C)C(=O)N2CCn3c(nc(-c4ccc(F)cc4)c3Nc3ccc(F)c(F)c3)C2)cc1. The highest BCUT2D eigenvalue weighted by Gasteiger charge is 2.29. The van der Waals surface area contributed by atoms with Gasteiger partial charge in [-0.1, -0.05) is 36.8 Å². The van der Waals surface area contributed by atoms with Crippen molar-refractivity contribution in [2.24, 2.45) is 5.92 Å². The molecule has 4 aromatic rings. The van der Waals surface area contributed by atoms with Crippen LogP contribution in [0.25, 0.3) is 11.3 Å². The number of nitrogens with zero attached hydrogens (tertiary/aromatic N) is 3. The molecule has 1 N–H and O–H groups in total. The maximum atomic E-state index is 13.9. The highest BCUT2D eigenvalue weighted by Crippen LogP contribution is 2.34. The van der Waals surface area contributed by atoms with Gasteiger partial charge >= 0.3 is 0 Å². The van der Waals surface area contributed by atoms with Crippen LogP contribution in [0.5, 0.6) is 0 Å². The van der Waals surface area contributed by atoms with Gasteiger partial charge in [0.25, 0.3) is 0 Å². The van der Waals surface area contributed by atoms with E-state index >= 15 is 0 Å². The van der Waals surface area contributed by atoms with Crippen LogP contribution in [0.4, 0.5) is 24.7 Å². The lowest BCUT2D eigenvalue weighted by atomic mass is 9.99. The Morgan fingerprint density at radius 3 is 2.41 bits per heavy atom. The number of hydrogen-bond acceptors (Lipinski definition) is 3. The number of rotatable bonds is 6. The first-order chi connectivity index (χ1) is 17.8. The quantitative estimate of drug-likeness (QED) is 0.338. The lowest BCUT2D eigenvalue weighted by Crippen LogP contribution is -2.41. The zero-order valence-electron chi connectivity index (χ0n) is 20.6. The van der Waals surface area contributed by atoms with Crippen molar-refractivity contribution >= 4 is 17.4 Å². The van der Waals surface area contributed by atoms with Crippen LogP contribution in [0.3, 0.4) is 0 Å². The monoisotopic (exact) mass is 504 g/mol. The van der Waals surface area contributed by atoms with Gasteiger partial charge in [-0.15, -0.1) is 0 Å². The van der Waals surface area contributed by atoms with Crippen LogP contribution in [0.1, 0.15) is 23.9 Å². The van der Waals surface area contributed by atoms with Crippen molar-refractivity contribution in [1.82, 2.24) is 14.5 Å². The van der Waals surface area contributed by atoms with Crippen molar-refractivity contribution < 1.29 is 18.0 Å². The van der Waals surface area contributed by atoms with Gasteiger partial charge in [-0.3, -0.25) is 4.79 Å². The molecule has 0 saturated carbocycles. The normalized spacial score (nSPS) is 13.8. The number of hydrogen-bond donors (Lipinski definition) is 1. The average molecular weight is 505 g/mol. The molecule has 0 radical (unpaired) electrons. The fraction of sp³-hybridized carbons (Fsp3) is 0.241. The Balaban J connectivity index is 1.42. The van der Waals surface area contributed by atoms with Gasteiger partial charge in [0.1, 0.15) is 23.2 Å². The van der Waals surface area contributed by atoms with Crippen LogP contribution in [0.15, 0.2) is 66.7 Å². The molecule has 5 rings (SSSR count). The van der Waals surface area contributed by atoms with Crippen LogP contribution in [0, 0.1) is 30.3 Å². The van der Waals surface area contributed by atoms with Crippen molar-refractivity contribution in [3.8, 4) is 11.3 Å². The Hall–Kier alpha value is -4.07. The van der Waals surface area contributed by atoms with Gasteiger partial charge < -0.3 is 14.8 Å². The number of carbonyl (C=O) groups is 1. The summed E-state index contributed by atoms with van der Waals surface area (Å²) >= 11 is 0. The van der Waals surface area contributed by atoms with E-state index in [1.54, 1.807) is 17.0 Å². The van der Waals surface area contributed by atoms with Gasteiger partial charge in [0.15, 0.2) is 11.6 Å². The van der Waals surface area contributed by atoms with Gasteiger partial charge in [-0.25, -0.2) is 18.2 Å².